The second kappa shape index (κ2) is 5.86. The van der Waals surface area contributed by atoms with Gasteiger partial charge in [0.1, 0.15) is 5.82 Å². The molecule has 21 heavy (non-hydrogen) atoms. The molecule has 1 aromatic carbocycles. The molecule has 0 bridgehead atoms. The number of alkyl halides is 1. The van der Waals surface area contributed by atoms with Gasteiger partial charge in [0, 0.05) is 18.0 Å². The van der Waals surface area contributed by atoms with Crippen molar-refractivity contribution in [2.45, 2.75) is 26.8 Å². The van der Waals surface area contributed by atoms with Crippen LogP contribution in [0.4, 0.5) is 0 Å². The Bertz CT molecular complexity index is 777. The van der Waals surface area contributed by atoms with Gasteiger partial charge in [0.2, 0.25) is 0 Å². The molecule has 0 fully saturated rings. The molecule has 0 N–H and O–H groups in total. The normalized spacial score (nSPS) is 11.2. The van der Waals surface area contributed by atoms with E-state index < -0.39 is 0 Å². The zero-order valence-electron chi connectivity index (χ0n) is 12.3. The highest BCUT2D eigenvalue weighted by Gasteiger charge is 2.11. The number of pyridine rings is 1. The van der Waals surface area contributed by atoms with Gasteiger partial charge < -0.3 is 4.57 Å². The van der Waals surface area contributed by atoms with Crippen molar-refractivity contribution in [2.24, 2.45) is 0 Å². The summed E-state index contributed by atoms with van der Waals surface area (Å²) in [5.74, 6) is 1.60. The third-order valence-corrected chi connectivity index (χ3v) is 3.76. The summed E-state index contributed by atoms with van der Waals surface area (Å²) in [7, 11) is 0. The SMILES string of the molecule is Cc1ccc2nc(CCCl)n(Cc3cccc(C)n3)c2c1. The zero-order valence-corrected chi connectivity index (χ0v) is 13.1. The molecule has 0 aliphatic heterocycles. The van der Waals surface area contributed by atoms with Crippen LogP contribution >= 0.6 is 11.6 Å². The van der Waals surface area contributed by atoms with Crippen LogP contribution < -0.4 is 0 Å². The van der Waals surface area contributed by atoms with Crippen LogP contribution in [-0.4, -0.2) is 20.4 Å². The highest BCUT2D eigenvalue weighted by molar-refractivity contribution is 6.17. The molecule has 108 valence electrons. The Labute approximate surface area is 129 Å². The van der Waals surface area contributed by atoms with Crippen LogP contribution in [0.5, 0.6) is 0 Å². The van der Waals surface area contributed by atoms with Crippen molar-refractivity contribution in [3.05, 3.63) is 59.2 Å². The first kappa shape index (κ1) is 14.1. The van der Waals surface area contributed by atoms with E-state index in [2.05, 4.69) is 40.7 Å². The van der Waals surface area contributed by atoms with Crippen LogP contribution in [0.2, 0.25) is 0 Å². The van der Waals surface area contributed by atoms with Gasteiger partial charge in [0.25, 0.3) is 0 Å². The number of aromatic nitrogens is 3. The molecule has 0 atom stereocenters. The summed E-state index contributed by atoms with van der Waals surface area (Å²) in [6.07, 6.45) is 0.765. The first-order valence-corrected chi connectivity index (χ1v) is 7.65. The maximum Gasteiger partial charge on any atom is 0.111 e. The molecule has 0 unspecified atom stereocenters. The third-order valence-electron chi connectivity index (χ3n) is 3.57. The van der Waals surface area contributed by atoms with Gasteiger partial charge >= 0.3 is 0 Å². The fourth-order valence-corrected chi connectivity index (χ4v) is 2.75. The molecule has 0 radical (unpaired) electrons. The van der Waals surface area contributed by atoms with Crippen LogP contribution in [-0.2, 0) is 13.0 Å². The van der Waals surface area contributed by atoms with E-state index in [0.717, 1.165) is 41.2 Å². The lowest BCUT2D eigenvalue weighted by molar-refractivity contribution is 0.735. The zero-order chi connectivity index (χ0) is 14.8. The summed E-state index contributed by atoms with van der Waals surface area (Å²) >= 11 is 5.93. The van der Waals surface area contributed by atoms with Crippen LogP contribution in [0, 0.1) is 13.8 Å². The lowest BCUT2D eigenvalue weighted by Crippen LogP contribution is -2.07. The number of rotatable bonds is 4. The lowest BCUT2D eigenvalue weighted by Gasteiger charge is -2.09. The van der Waals surface area contributed by atoms with E-state index in [1.54, 1.807) is 0 Å². The first-order valence-electron chi connectivity index (χ1n) is 7.11. The molecule has 0 spiro atoms. The van der Waals surface area contributed by atoms with E-state index in [9.17, 15) is 0 Å². The van der Waals surface area contributed by atoms with Crippen molar-refractivity contribution in [3.63, 3.8) is 0 Å². The fraction of sp³-hybridized carbons (Fsp3) is 0.294. The van der Waals surface area contributed by atoms with E-state index in [4.69, 9.17) is 16.6 Å². The second-order valence-electron chi connectivity index (χ2n) is 5.32. The van der Waals surface area contributed by atoms with E-state index in [1.807, 2.05) is 19.1 Å². The molecule has 0 aliphatic rings. The molecular weight excluding hydrogens is 282 g/mol. The van der Waals surface area contributed by atoms with Crippen molar-refractivity contribution in [1.82, 2.24) is 14.5 Å². The number of fused-ring (bicyclic) bond motifs is 1. The Balaban J connectivity index is 2.10. The van der Waals surface area contributed by atoms with E-state index in [-0.39, 0.29) is 0 Å². The summed E-state index contributed by atoms with van der Waals surface area (Å²) in [5, 5.41) is 0. The summed E-state index contributed by atoms with van der Waals surface area (Å²) in [5.41, 5.74) is 5.49. The van der Waals surface area contributed by atoms with Gasteiger partial charge in [-0.3, -0.25) is 4.98 Å². The molecule has 3 nitrogen and oxygen atoms in total. The summed E-state index contributed by atoms with van der Waals surface area (Å²) in [6, 6.07) is 12.5. The maximum absolute atomic E-state index is 5.93. The molecule has 3 rings (SSSR count). The standard InChI is InChI=1S/C17H18ClN3/c1-12-6-7-15-16(10-12)21(17(20-15)8-9-18)11-14-5-3-4-13(2)19-14/h3-7,10H,8-9,11H2,1-2H3. The van der Waals surface area contributed by atoms with E-state index >= 15 is 0 Å². The van der Waals surface area contributed by atoms with Gasteiger partial charge in [-0.15, -0.1) is 11.6 Å². The molecule has 2 aromatic heterocycles. The Kier molecular flexibility index (Phi) is 3.93. The lowest BCUT2D eigenvalue weighted by atomic mass is 10.2. The van der Waals surface area contributed by atoms with Crippen molar-refractivity contribution in [3.8, 4) is 0 Å². The van der Waals surface area contributed by atoms with Crippen LogP contribution in [0.1, 0.15) is 22.8 Å². The third kappa shape index (κ3) is 2.93. The maximum atomic E-state index is 5.93. The Morgan fingerprint density at radius 1 is 1.10 bits per heavy atom. The summed E-state index contributed by atoms with van der Waals surface area (Å²) in [4.78, 5) is 9.31. The Morgan fingerprint density at radius 2 is 1.95 bits per heavy atom. The van der Waals surface area contributed by atoms with Crippen LogP contribution in [0.25, 0.3) is 11.0 Å². The van der Waals surface area contributed by atoms with Crippen molar-refractivity contribution in [1.29, 1.82) is 0 Å². The van der Waals surface area contributed by atoms with Gasteiger partial charge in [-0.05, 0) is 43.7 Å². The molecule has 3 aromatic rings. The molecule has 0 amide bonds. The molecule has 0 saturated heterocycles. The number of imidazole rings is 1. The largest absolute Gasteiger partial charge is 0.322 e. The van der Waals surface area contributed by atoms with E-state index in [0.29, 0.717) is 5.88 Å². The van der Waals surface area contributed by atoms with Gasteiger partial charge in [-0.1, -0.05) is 12.1 Å². The number of hydrogen-bond donors (Lipinski definition) is 0. The number of benzene rings is 1. The topological polar surface area (TPSA) is 30.7 Å². The van der Waals surface area contributed by atoms with Gasteiger partial charge in [0.15, 0.2) is 0 Å². The minimum atomic E-state index is 0.573. The smallest absolute Gasteiger partial charge is 0.111 e. The van der Waals surface area contributed by atoms with Crippen LogP contribution in [0.3, 0.4) is 0 Å². The van der Waals surface area contributed by atoms with Crippen LogP contribution in [0.15, 0.2) is 36.4 Å². The fourth-order valence-electron chi connectivity index (χ4n) is 2.58. The van der Waals surface area contributed by atoms with Gasteiger partial charge in [-0.25, -0.2) is 4.98 Å². The second-order valence-corrected chi connectivity index (χ2v) is 5.69. The van der Waals surface area contributed by atoms with Crippen molar-refractivity contribution < 1.29 is 0 Å². The molecule has 0 aliphatic carbocycles. The minimum Gasteiger partial charge on any atom is -0.322 e. The van der Waals surface area contributed by atoms with Gasteiger partial charge in [0.05, 0.1) is 23.3 Å². The highest BCUT2D eigenvalue weighted by Crippen LogP contribution is 2.20. The molecular formula is C17H18ClN3. The van der Waals surface area contributed by atoms with Crippen molar-refractivity contribution >= 4 is 22.6 Å². The summed E-state index contributed by atoms with van der Waals surface area (Å²) in [6.45, 7) is 4.84. The number of hydrogen-bond acceptors (Lipinski definition) is 2. The average molecular weight is 300 g/mol. The highest BCUT2D eigenvalue weighted by atomic mass is 35.5. The Morgan fingerprint density at radius 3 is 2.71 bits per heavy atom. The average Bonchev–Trinajstić information content (AvgIpc) is 2.77. The predicted molar refractivity (Wildman–Crippen MR) is 87.0 cm³/mol. The predicted octanol–water partition coefficient (Wildman–Crippen LogP) is 3.88. The molecule has 0 saturated carbocycles. The van der Waals surface area contributed by atoms with E-state index in [1.165, 1.54) is 5.56 Å². The minimum absolute atomic E-state index is 0.573. The Hall–Kier alpha value is -1.87. The quantitative estimate of drug-likeness (QED) is 0.685. The summed E-state index contributed by atoms with van der Waals surface area (Å²) < 4.78 is 2.23. The number of aryl methyl sites for hydroxylation is 3. The first-order chi connectivity index (χ1) is 10.2. The number of halogens is 1. The van der Waals surface area contributed by atoms with Gasteiger partial charge in [-0.2, -0.15) is 0 Å². The monoisotopic (exact) mass is 299 g/mol. The number of nitrogens with zero attached hydrogens (tertiary/aromatic N) is 3. The molecule has 4 heteroatoms. The molecule has 2 heterocycles. The van der Waals surface area contributed by atoms with Crippen molar-refractivity contribution in [2.75, 3.05) is 5.88 Å².